The Morgan fingerprint density at radius 2 is 2.15 bits per heavy atom. The van der Waals surface area contributed by atoms with Crippen molar-refractivity contribution in [2.45, 2.75) is 19.1 Å². The number of rotatable bonds is 3. The number of hydrogen-bond acceptors (Lipinski definition) is 4. The number of benzene rings is 1. The minimum Gasteiger partial charge on any atom is -0.477 e. The molecule has 1 aromatic carbocycles. The van der Waals surface area contributed by atoms with Crippen LogP contribution in [0.25, 0.3) is 4.85 Å². The van der Waals surface area contributed by atoms with Crippen molar-refractivity contribution in [2.75, 3.05) is 5.75 Å². The molecule has 0 saturated carbocycles. The quantitative estimate of drug-likeness (QED) is 0.449. The highest BCUT2D eigenvalue weighted by Gasteiger charge is 2.34. The Hall–Kier alpha value is -2.13. The van der Waals surface area contributed by atoms with E-state index in [9.17, 15) is 4.79 Å². The molecule has 6 heteroatoms. The van der Waals surface area contributed by atoms with Crippen molar-refractivity contribution in [2.24, 2.45) is 5.73 Å². The van der Waals surface area contributed by atoms with Crippen LogP contribution < -0.4 is 11.1 Å². The van der Waals surface area contributed by atoms with Gasteiger partial charge in [-0.2, -0.15) is 12.6 Å². The molecule has 5 nitrogen and oxygen atoms in total. The second-order valence-corrected chi connectivity index (χ2v) is 4.90. The summed E-state index contributed by atoms with van der Waals surface area (Å²) in [4.78, 5) is 14.3. The lowest BCUT2D eigenvalue weighted by Crippen LogP contribution is -2.28. The number of carbonyl (C=O) groups is 1. The van der Waals surface area contributed by atoms with Gasteiger partial charge in [0.15, 0.2) is 5.88 Å². The van der Waals surface area contributed by atoms with Crippen molar-refractivity contribution in [3.05, 3.63) is 58.4 Å². The number of nitrogens with one attached hydrogen (secondary N) is 1. The van der Waals surface area contributed by atoms with Crippen molar-refractivity contribution in [3.8, 4) is 0 Å². The third-order valence-corrected chi connectivity index (χ3v) is 3.48. The smallest absolute Gasteiger partial charge is 0.307 e. The van der Waals surface area contributed by atoms with Gasteiger partial charge in [-0.05, 0) is 12.5 Å². The van der Waals surface area contributed by atoms with E-state index in [1.165, 1.54) is 0 Å². The molecule has 0 spiro atoms. The van der Waals surface area contributed by atoms with E-state index in [0.717, 1.165) is 11.1 Å². The molecule has 104 valence electrons. The zero-order chi connectivity index (χ0) is 14.7. The molecule has 2 unspecified atom stereocenters. The maximum Gasteiger partial charge on any atom is 0.307 e. The van der Waals surface area contributed by atoms with Crippen LogP contribution in [-0.4, -0.2) is 17.7 Å². The standard InChI is InChI=1S/C14H15N3O2S/c1-8-3-5-9(6-4-8)12-10(7-20)17-14(19-12)11(16-2)13(15)18/h3-6,10,12,17,20H,7H2,1H3,(H2,15,18)/b14-11-. The molecule has 0 bridgehead atoms. The zero-order valence-electron chi connectivity index (χ0n) is 11.0. The predicted molar refractivity (Wildman–Crippen MR) is 78.6 cm³/mol. The third-order valence-electron chi connectivity index (χ3n) is 3.09. The van der Waals surface area contributed by atoms with Gasteiger partial charge < -0.3 is 15.8 Å². The van der Waals surface area contributed by atoms with Crippen LogP contribution in [0.3, 0.4) is 0 Å². The molecule has 20 heavy (non-hydrogen) atoms. The molecule has 1 aliphatic heterocycles. The van der Waals surface area contributed by atoms with Gasteiger partial charge in [0.25, 0.3) is 5.91 Å². The third kappa shape index (κ3) is 2.73. The second-order valence-electron chi connectivity index (χ2n) is 4.54. The maximum absolute atomic E-state index is 11.2. The summed E-state index contributed by atoms with van der Waals surface area (Å²) in [6.07, 6.45) is -0.292. The van der Waals surface area contributed by atoms with Gasteiger partial charge in [-0.3, -0.25) is 4.79 Å². The highest BCUT2D eigenvalue weighted by atomic mass is 32.1. The summed E-state index contributed by atoms with van der Waals surface area (Å²) in [7, 11) is 0. The van der Waals surface area contributed by atoms with Crippen LogP contribution in [-0.2, 0) is 9.53 Å². The maximum atomic E-state index is 11.2. The molecule has 1 aromatic rings. The first-order valence-electron chi connectivity index (χ1n) is 6.09. The average Bonchev–Trinajstić information content (AvgIpc) is 2.84. The van der Waals surface area contributed by atoms with Crippen LogP contribution in [0.5, 0.6) is 0 Å². The minimum absolute atomic E-state index is 0.118. The Labute approximate surface area is 123 Å². The van der Waals surface area contributed by atoms with E-state index in [1.807, 2.05) is 31.2 Å². The molecule has 1 aliphatic rings. The lowest BCUT2D eigenvalue weighted by atomic mass is 10.0. The summed E-state index contributed by atoms with van der Waals surface area (Å²) in [5, 5.41) is 3.00. The van der Waals surface area contributed by atoms with Crippen LogP contribution in [0.2, 0.25) is 0 Å². The number of primary amides is 1. The zero-order valence-corrected chi connectivity index (χ0v) is 11.9. The molecule has 1 amide bonds. The normalized spacial score (nSPS) is 23.4. The number of amides is 1. The van der Waals surface area contributed by atoms with Crippen LogP contribution >= 0.6 is 12.6 Å². The van der Waals surface area contributed by atoms with Gasteiger partial charge in [-0.25, -0.2) is 4.85 Å². The van der Waals surface area contributed by atoms with Gasteiger partial charge in [-0.1, -0.05) is 29.8 Å². The van der Waals surface area contributed by atoms with Crippen LogP contribution in [0.4, 0.5) is 0 Å². The van der Waals surface area contributed by atoms with Crippen molar-refractivity contribution in [3.63, 3.8) is 0 Å². The number of carbonyl (C=O) groups excluding carboxylic acids is 1. The van der Waals surface area contributed by atoms with Crippen LogP contribution in [0.15, 0.2) is 35.8 Å². The average molecular weight is 289 g/mol. The van der Waals surface area contributed by atoms with E-state index < -0.39 is 5.91 Å². The largest absolute Gasteiger partial charge is 0.477 e. The summed E-state index contributed by atoms with van der Waals surface area (Å²) in [5.74, 6) is -0.159. The first-order valence-corrected chi connectivity index (χ1v) is 6.72. The first kappa shape index (κ1) is 14.3. The van der Waals surface area contributed by atoms with Gasteiger partial charge >= 0.3 is 5.70 Å². The van der Waals surface area contributed by atoms with Crippen molar-refractivity contribution >= 4 is 18.5 Å². The van der Waals surface area contributed by atoms with E-state index in [0.29, 0.717) is 5.75 Å². The van der Waals surface area contributed by atoms with E-state index in [4.69, 9.17) is 17.0 Å². The molecule has 1 saturated heterocycles. The fraction of sp³-hybridized carbons (Fsp3) is 0.286. The number of thiol groups is 1. The van der Waals surface area contributed by atoms with Crippen molar-refractivity contribution < 1.29 is 9.53 Å². The van der Waals surface area contributed by atoms with E-state index in [2.05, 4.69) is 22.8 Å². The highest BCUT2D eigenvalue weighted by Crippen LogP contribution is 2.32. The lowest BCUT2D eigenvalue weighted by Gasteiger charge is -2.15. The lowest BCUT2D eigenvalue weighted by molar-refractivity contribution is -0.114. The van der Waals surface area contributed by atoms with Crippen LogP contribution in [0.1, 0.15) is 17.2 Å². The molecule has 0 aromatic heterocycles. The SMILES string of the molecule is [C-]#[N+]/C(C(N)=O)=C1/NC(CS)C(c2ccc(C)cc2)O1. The van der Waals surface area contributed by atoms with Crippen molar-refractivity contribution in [1.82, 2.24) is 5.32 Å². The Bertz CT molecular complexity index is 589. The predicted octanol–water partition coefficient (Wildman–Crippen LogP) is 1.53. The van der Waals surface area contributed by atoms with E-state index >= 15 is 0 Å². The second kappa shape index (κ2) is 5.88. The minimum atomic E-state index is -0.801. The Balaban J connectivity index is 2.34. The summed E-state index contributed by atoms with van der Waals surface area (Å²) >= 11 is 4.28. The van der Waals surface area contributed by atoms with Gasteiger partial charge in [0.2, 0.25) is 0 Å². The fourth-order valence-electron chi connectivity index (χ4n) is 2.03. The number of nitrogens with two attached hydrogens (primary N) is 1. The number of nitrogens with zero attached hydrogens (tertiary/aromatic N) is 1. The van der Waals surface area contributed by atoms with Gasteiger partial charge in [0.1, 0.15) is 6.10 Å². The molecule has 3 N–H and O–H groups in total. The Morgan fingerprint density at radius 3 is 2.65 bits per heavy atom. The molecule has 0 radical (unpaired) electrons. The first-order chi connectivity index (χ1) is 9.56. The molecule has 1 fully saturated rings. The van der Waals surface area contributed by atoms with Crippen molar-refractivity contribution in [1.29, 1.82) is 0 Å². The van der Waals surface area contributed by atoms with Gasteiger partial charge in [-0.15, -0.1) is 0 Å². The molecular weight excluding hydrogens is 274 g/mol. The Morgan fingerprint density at radius 1 is 1.50 bits per heavy atom. The summed E-state index contributed by atoms with van der Waals surface area (Å²) in [5.41, 5.74) is 7.07. The Kier molecular flexibility index (Phi) is 4.20. The number of hydrogen-bond donors (Lipinski definition) is 3. The van der Waals surface area contributed by atoms with E-state index in [-0.39, 0.29) is 23.7 Å². The monoisotopic (exact) mass is 289 g/mol. The molecule has 2 atom stereocenters. The highest BCUT2D eigenvalue weighted by molar-refractivity contribution is 7.80. The molecule has 0 aliphatic carbocycles. The van der Waals surface area contributed by atoms with Gasteiger partial charge in [0, 0.05) is 5.75 Å². The van der Waals surface area contributed by atoms with Gasteiger partial charge in [0.05, 0.1) is 12.6 Å². The summed E-state index contributed by atoms with van der Waals surface area (Å²) < 4.78 is 5.71. The summed E-state index contributed by atoms with van der Waals surface area (Å²) in [6, 6.07) is 7.78. The molecular formula is C14H15N3O2S. The molecule has 2 rings (SSSR count). The van der Waals surface area contributed by atoms with Crippen LogP contribution in [0, 0.1) is 13.5 Å². The fourth-order valence-corrected chi connectivity index (χ4v) is 2.31. The number of aryl methyl sites for hydroxylation is 1. The van der Waals surface area contributed by atoms with E-state index in [1.54, 1.807) is 0 Å². The topological polar surface area (TPSA) is 68.7 Å². The number of ether oxygens (including phenoxy) is 1. The molecule has 1 heterocycles. The summed E-state index contributed by atoms with van der Waals surface area (Å²) in [6.45, 7) is 9.01.